The zero-order chi connectivity index (χ0) is 8.55. The van der Waals surface area contributed by atoms with Gasteiger partial charge in [0.05, 0.1) is 15.4 Å². The van der Waals surface area contributed by atoms with Gasteiger partial charge in [-0.05, 0) is 15.9 Å². The van der Waals surface area contributed by atoms with Gasteiger partial charge in [0, 0.05) is 12.4 Å². The maximum atomic E-state index is 5.82. The Morgan fingerprint density at radius 1 is 1.25 bits per heavy atom. The fourth-order valence-electron chi connectivity index (χ4n) is 0.917. The number of hydrogen-bond acceptors (Lipinski definition) is 3. The summed E-state index contributed by atoms with van der Waals surface area (Å²) in [7, 11) is 0. The fourth-order valence-corrected chi connectivity index (χ4v) is 1.53. The largest absolute Gasteiger partial charge is 0.263 e. The number of nitrogens with zero attached hydrogens (tertiary/aromatic N) is 3. The van der Waals surface area contributed by atoms with E-state index in [1.165, 1.54) is 6.33 Å². The molecule has 60 valence electrons. The number of rotatable bonds is 0. The molecule has 3 nitrogen and oxygen atoms in total. The van der Waals surface area contributed by atoms with Gasteiger partial charge in [-0.3, -0.25) is 4.98 Å². The van der Waals surface area contributed by atoms with Gasteiger partial charge in [0.2, 0.25) is 0 Å². The van der Waals surface area contributed by atoms with Gasteiger partial charge in [0.15, 0.2) is 0 Å². The number of hydrogen-bond donors (Lipinski definition) is 0. The number of pyridine rings is 1. The van der Waals surface area contributed by atoms with Crippen molar-refractivity contribution in [3.8, 4) is 0 Å². The van der Waals surface area contributed by atoms with Crippen LogP contribution in [0.3, 0.4) is 0 Å². The molecule has 2 aromatic heterocycles. The first-order valence-electron chi connectivity index (χ1n) is 3.19. The zero-order valence-electron chi connectivity index (χ0n) is 5.83. The van der Waals surface area contributed by atoms with Crippen LogP contribution in [0.1, 0.15) is 0 Å². The Morgan fingerprint density at radius 2 is 2.08 bits per heavy atom. The molecule has 0 aromatic carbocycles. The van der Waals surface area contributed by atoms with Crippen molar-refractivity contribution in [3.05, 3.63) is 28.3 Å². The van der Waals surface area contributed by atoms with E-state index < -0.39 is 0 Å². The molecule has 0 aliphatic heterocycles. The van der Waals surface area contributed by atoms with Crippen molar-refractivity contribution in [3.63, 3.8) is 0 Å². The van der Waals surface area contributed by atoms with Gasteiger partial charge in [-0.25, -0.2) is 9.97 Å². The minimum atomic E-state index is 0.425. The van der Waals surface area contributed by atoms with E-state index in [2.05, 4.69) is 30.9 Å². The summed E-state index contributed by atoms with van der Waals surface area (Å²) < 4.78 is 0.823. The van der Waals surface area contributed by atoms with E-state index in [1.807, 2.05) is 0 Å². The molecule has 0 aliphatic rings. The molecule has 0 atom stereocenters. The standard InChI is InChI=1S/C7H3BrClN3/c8-5-2-10-1-4-6(5)11-3-12-7(4)9/h1-3H. The summed E-state index contributed by atoms with van der Waals surface area (Å²) in [6, 6.07) is 0. The predicted molar refractivity (Wildman–Crippen MR) is 50.0 cm³/mol. The first kappa shape index (κ1) is 7.89. The van der Waals surface area contributed by atoms with Crippen LogP contribution in [0, 0.1) is 0 Å². The maximum absolute atomic E-state index is 5.82. The Hall–Kier alpha value is -0.740. The quantitative estimate of drug-likeness (QED) is 0.668. The van der Waals surface area contributed by atoms with Crippen LogP contribution in [0.4, 0.5) is 0 Å². The van der Waals surface area contributed by atoms with Gasteiger partial charge >= 0.3 is 0 Å². The van der Waals surface area contributed by atoms with E-state index in [4.69, 9.17) is 11.6 Å². The normalized spacial score (nSPS) is 10.5. The molecule has 12 heavy (non-hydrogen) atoms. The monoisotopic (exact) mass is 243 g/mol. The van der Waals surface area contributed by atoms with E-state index >= 15 is 0 Å². The van der Waals surface area contributed by atoms with Gasteiger partial charge in [-0.2, -0.15) is 0 Å². The molecule has 0 spiro atoms. The lowest BCUT2D eigenvalue weighted by Crippen LogP contribution is -1.85. The first-order chi connectivity index (χ1) is 5.79. The molecule has 0 saturated carbocycles. The van der Waals surface area contributed by atoms with Crippen LogP contribution in [-0.2, 0) is 0 Å². The Bertz CT molecular complexity index is 391. The highest BCUT2D eigenvalue weighted by Gasteiger charge is 2.03. The van der Waals surface area contributed by atoms with Crippen molar-refractivity contribution < 1.29 is 0 Å². The highest BCUT2D eigenvalue weighted by atomic mass is 79.9. The number of aromatic nitrogens is 3. The van der Waals surface area contributed by atoms with Crippen molar-refractivity contribution in [2.45, 2.75) is 0 Å². The molecular weight excluding hydrogens is 241 g/mol. The Labute approximate surface area is 81.9 Å². The van der Waals surface area contributed by atoms with Gasteiger partial charge in [-0.1, -0.05) is 11.6 Å². The van der Waals surface area contributed by atoms with Gasteiger partial charge in [0.1, 0.15) is 11.5 Å². The van der Waals surface area contributed by atoms with Crippen LogP contribution in [0.25, 0.3) is 10.9 Å². The van der Waals surface area contributed by atoms with Crippen LogP contribution < -0.4 is 0 Å². The summed E-state index contributed by atoms with van der Waals surface area (Å²) in [5, 5.41) is 1.18. The SMILES string of the molecule is Clc1ncnc2c(Br)cncc12. The Balaban J connectivity index is 2.94. The van der Waals surface area contributed by atoms with Crippen LogP contribution in [0.15, 0.2) is 23.2 Å². The minimum Gasteiger partial charge on any atom is -0.263 e. The maximum Gasteiger partial charge on any atom is 0.141 e. The molecule has 0 fully saturated rings. The van der Waals surface area contributed by atoms with Crippen molar-refractivity contribution in [2.24, 2.45) is 0 Å². The summed E-state index contributed by atoms with van der Waals surface area (Å²) in [6.45, 7) is 0. The molecule has 0 amide bonds. The van der Waals surface area contributed by atoms with E-state index in [1.54, 1.807) is 12.4 Å². The molecule has 0 saturated heterocycles. The summed E-state index contributed by atoms with van der Waals surface area (Å²) in [6.07, 6.45) is 4.74. The molecule has 0 aliphatic carbocycles. The molecule has 2 heterocycles. The first-order valence-corrected chi connectivity index (χ1v) is 4.36. The molecule has 2 aromatic rings. The van der Waals surface area contributed by atoms with Gasteiger partial charge < -0.3 is 0 Å². The van der Waals surface area contributed by atoms with Gasteiger partial charge in [-0.15, -0.1) is 0 Å². The van der Waals surface area contributed by atoms with E-state index in [0.717, 1.165) is 15.4 Å². The molecule has 2 rings (SSSR count). The molecule has 0 N–H and O–H groups in total. The summed E-state index contributed by atoms with van der Waals surface area (Å²) in [5.74, 6) is 0. The van der Waals surface area contributed by atoms with Crippen LogP contribution in [0.2, 0.25) is 5.15 Å². The third-order valence-corrected chi connectivity index (χ3v) is 2.33. The smallest absolute Gasteiger partial charge is 0.141 e. The number of fused-ring (bicyclic) bond motifs is 1. The predicted octanol–water partition coefficient (Wildman–Crippen LogP) is 2.44. The third kappa shape index (κ3) is 1.17. The molecule has 0 unspecified atom stereocenters. The number of halogens is 2. The lowest BCUT2D eigenvalue weighted by molar-refractivity contribution is 1.20. The second kappa shape index (κ2) is 2.95. The fraction of sp³-hybridized carbons (Fsp3) is 0. The lowest BCUT2D eigenvalue weighted by atomic mass is 10.3. The zero-order valence-corrected chi connectivity index (χ0v) is 8.17. The van der Waals surface area contributed by atoms with Crippen molar-refractivity contribution >= 4 is 38.4 Å². The topological polar surface area (TPSA) is 38.7 Å². The van der Waals surface area contributed by atoms with E-state index in [-0.39, 0.29) is 0 Å². The Morgan fingerprint density at radius 3 is 2.83 bits per heavy atom. The summed E-state index contributed by atoms with van der Waals surface area (Å²) >= 11 is 9.14. The highest BCUT2D eigenvalue weighted by Crippen LogP contribution is 2.23. The highest BCUT2D eigenvalue weighted by molar-refractivity contribution is 9.10. The lowest BCUT2D eigenvalue weighted by Gasteiger charge is -1.98. The van der Waals surface area contributed by atoms with Crippen LogP contribution >= 0.6 is 27.5 Å². The van der Waals surface area contributed by atoms with Crippen molar-refractivity contribution in [1.82, 2.24) is 15.0 Å². The van der Waals surface area contributed by atoms with Gasteiger partial charge in [0.25, 0.3) is 0 Å². The molecule has 0 bridgehead atoms. The van der Waals surface area contributed by atoms with E-state index in [9.17, 15) is 0 Å². The van der Waals surface area contributed by atoms with Crippen LogP contribution in [-0.4, -0.2) is 15.0 Å². The summed E-state index contributed by atoms with van der Waals surface area (Å²) in [4.78, 5) is 11.9. The second-order valence-electron chi connectivity index (χ2n) is 2.18. The third-order valence-electron chi connectivity index (χ3n) is 1.45. The average Bonchev–Trinajstić information content (AvgIpc) is 2.07. The Kier molecular flexibility index (Phi) is 1.94. The summed E-state index contributed by atoms with van der Waals surface area (Å²) in [5.41, 5.74) is 0.782. The molecule has 0 radical (unpaired) electrons. The van der Waals surface area contributed by atoms with E-state index in [0.29, 0.717) is 5.15 Å². The van der Waals surface area contributed by atoms with Crippen molar-refractivity contribution in [2.75, 3.05) is 0 Å². The molecule has 5 heteroatoms. The van der Waals surface area contributed by atoms with Crippen molar-refractivity contribution in [1.29, 1.82) is 0 Å². The average molecular weight is 244 g/mol. The molecular formula is C7H3BrClN3. The minimum absolute atomic E-state index is 0.425. The van der Waals surface area contributed by atoms with Crippen LogP contribution in [0.5, 0.6) is 0 Å². The second-order valence-corrected chi connectivity index (χ2v) is 3.39.